The first kappa shape index (κ1) is 20.1. The molecule has 2 aromatic heterocycles. The van der Waals surface area contributed by atoms with Crippen molar-refractivity contribution < 1.29 is 18.1 Å². The maximum absolute atomic E-state index is 13.2. The molecule has 8 heteroatoms. The van der Waals surface area contributed by atoms with Crippen LogP contribution in [0, 0.1) is 6.92 Å². The lowest BCUT2D eigenvalue weighted by Gasteiger charge is -2.19. The van der Waals surface area contributed by atoms with Crippen molar-refractivity contribution in [3.63, 3.8) is 0 Å². The number of hydrogen-bond acceptors (Lipinski definition) is 6. The summed E-state index contributed by atoms with van der Waals surface area (Å²) in [4.78, 5) is 4.40. The van der Waals surface area contributed by atoms with Gasteiger partial charge in [-0.05, 0) is 49.6 Å². The van der Waals surface area contributed by atoms with E-state index in [1.807, 2.05) is 37.5 Å². The van der Waals surface area contributed by atoms with Gasteiger partial charge in [-0.3, -0.25) is 4.52 Å². The fourth-order valence-electron chi connectivity index (χ4n) is 2.91. The first-order chi connectivity index (χ1) is 14.6. The fraction of sp³-hybridized carbons (Fsp3) is 0.182. The molecule has 0 bridgehead atoms. The molecular formula is C22H22N3O4P. The largest absolute Gasteiger partial charge is 0.587 e. The first-order valence-electron chi connectivity index (χ1n) is 9.64. The molecule has 0 saturated carbocycles. The summed E-state index contributed by atoms with van der Waals surface area (Å²) < 4.78 is 31.8. The van der Waals surface area contributed by atoms with E-state index in [0.29, 0.717) is 24.3 Å². The normalized spacial score (nSPS) is 11.5. The fourth-order valence-corrected chi connectivity index (χ4v) is 4.16. The monoisotopic (exact) mass is 423 g/mol. The number of phosphoric ester groups is 1. The summed E-state index contributed by atoms with van der Waals surface area (Å²) in [5, 5.41) is 4.37. The van der Waals surface area contributed by atoms with Gasteiger partial charge in [0.25, 0.3) is 0 Å². The number of aromatic nitrogens is 3. The van der Waals surface area contributed by atoms with Crippen molar-refractivity contribution in [2.45, 2.75) is 19.8 Å². The van der Waals surface area contributed by atoms with E-state index in [1.54, 1.807) is 53.0 Å². The van der Waals surface area contributed by atoms with E-state index in [9.17, 15) is 4.57 Å². The molecule has 0 aliphatic carbocycles. The van der Waals surface area contributed by atoms with Crippen LogP contribution in [0.15, 0.2) is 79.1 Å². The van der Waals surface area contributed by atoms with Crippen LogP contribution in [0.3, 0.4) is 0 Å². The summed E-state index contributed by atoms with van der Waals surface area (Å²) in [5.74, 6) is 0.834. The van der Waals surface area contributed by atoms with E-state index in [1.165, 1.54) is 0 Å². The summed E-state index contributed by atoms with van der Waals surface area (Å²) in [6.07, 6.45) is 5.07. The zero-order valence-electron chi connectivity index (χ0n) is 16.5. The summed E-state index contributed by atoms with van der Waals surface area (Å²) in [7, 11) is -3.85. The number of phosphoric acid groups is 1. The number of benzene rings is 2. The van der Waals surface area contributed by atoms with Crippen molar-refractivity contribution in [2.24, 2.45) is 0 Å². The molecule has 154 valence electrons. The van der Waals surface area contributed by atoms with E-state index >= 15 is 0 Å². The van der Waals surface area contributed by atoms with Crippen molar-refractivity contribution in [1.29, 1.82) is 0 Å². The van der Waals surface area contributed by atoms with Crippen LogP contribution in [0.25, 0.3) is 5.65 Å². The molecule has 7 nitrogen and oxygen atoms in total. The minimum Gasteiger partial charge on any atom is -0.395 e. The smallest absolute Gasteiger partial charge is 0.395 e. The van der Waals surface area contributed by atoms with Gasteiger partial charge in [0.05, 0.1) is 12.3 Å². The van der Waals surface area contributed by atoms with Gasteiger partial charge in [0.2, 0.25) is 0 Å². The highest BCUT2D eigenvalue weighted by atomic mass is 31.2. The third-order valence-corrected chi connectivity index (χ3v) is 5.64. The zero-order valence-corrected chi connectivity index (χ0v) is 17.4. The molecule has 0 aliphatic heterocycles. The summed E-state index contributed by atoms with van der Waals surface area (Å²) >= 11 is 0. The van der Waals surface area contributed by atoms with Gasteiger partial charge >= 0.3 is 7.82 Å². The highest BCUT2D eigenvalue weighted by Gasteiger charge is 2.30. The van der Waals surface area contributed by atoms with Crippen LogP contribution in [0.4, 0.5) is 0 Å². The van der Waals surface area contributed by atoms with E-state index in [2.05, 4.69) is 10.1 Å². The molecular weight excluding hydrogens is 401 g/mol. The molecule has 30 heavy (non-hydrogen) atoms. The van der Waals surface area contributed by atoms with Crippen molar-refractivity contribution in [3.05, 3.63) is 90.4 Å². The van der Waals surface area contributed by atoms with Crippen molar-refractivity contribution in [3.8, 4) is 11.5 Å². The van der Waals surface area contributed by atoms with Crippen LogP contribution in [-0.2, 0) is 15.5 Å². The van der Waals surface area contributed by atoms with E-state index in [-0.39, 0.29) is 6.61 Å². The molecule has 2 aromatic carbocycles. The molecule has 0 saturated heterocycles. The zero-order chi connectivity index (χ0) is 20.8. The Bertz CT molecular complexity index is 1100. The van der Waals surface area contributed by atoms with E-state index in [4.69, 9.17) is 13.6 Å². The molecule has 0 aliphatic rings. The molecule has 4 aromatic rings. The molecule has 0 spiro atoms. The third-order valence-electron chi connectivity index (χ3n) is 4.27. The van der Waals surface area contributed by atoms with Gasteiger partial charge in [0.15, 0.2) is 5.65 Å². The first-order valence-corrected chi connectivity index (χ1v) is 11.1. The highest BCUT2D eigenvalue weighted by Crippen LogP contribution is 2.49. The van der Waals surface area contributed by atoms with Gasteiger partial charge in [-0.1, -0.05) is 36.4 Å². The Balaban J connectivity index is 1.39. The average molecular weight is 423 g/mol. The molecule has 0 radical (unpaired) electrons. The van der Waals surface area contributed by atoms with Crippen LogP contribution in [0.2, 0.25) is 0 Å². The third kappa shape index (κ3) is 5.26. The number of nitrogens with zero attached hydrogens (tertiary/aromatic N) is 3. The molecule has 0 fully saturated rings. The minimum absolute atomic E-state index is 0.202. The molecule has 2 heterocycles. The number of fused-ring (bicyclic) bond motifs is 1. The summed E-state index contributed by atoms with van der Waals surface area (Å²) in [5.41, 5.74) is 2.74. The van der Waals surface area contributed by atoms with E-state index < -0.39 is 7.82 Å². The standard InChI is InChI=1S/C22H22N3O4P/c1-18-15-22-23-16-19(17-25(22)24-18)9-8-14-27-30(26,28-20-10-4-2-5-11-20)29-21-12-6-3-7-13-21/h2-7,10-13,15-17H,8-9,14H2,1H3. The Morgan fingerprint density at radius 3 is 2.23 bits per heavy atom. The highest BCUT2D eigenvalue weighted by molar-refractivity contribution is 7.49. The van der Waals surface area contributed by atoms with Crippen LogP contribution < -0.4 is 9.05 Å². The Morgan fingerprint density at radius 1 is 0.967 bits per heavy atom. The second kappa shape index (κ2) is 9.11. The van der Waals surface area contributed by atoms with Crippen LogP contribution in [0.5, 0.6) is 11.5 Å². The molecule has 0 N–H and O–H groups in total. The Morgan fingerprint density at radius 2 is 1.60 bits per heavy atom. The number of para-hydroxylation sites is 2. The van der Waals surface area contributed by atoms with Crippen LogP contribution in [0.1, 0.15) is 17.7 Å². The van der Waals surface area contributed by atoms with E-state index in [0.717, 1.165) is 16.9 Å². The SMILES string of the molecule is Cc1cc2ncc(CCCOP(=O)(Oc3ccccc3)Oc3ccccc3)cn2n1. The minimum atomic E-state index is -3.85. The molecule has 0 unspecified atom stereocenters. The summed E-state index contributed by atoms with van der Waals surface area (Å²) in [6.45, 7) is 2.13. The Labute approximate surface area is 174 Å². The van der Waals surface area contributed by atoms with Gasteiger partial charge in [-0.2, -0.15) is 5.10 Å². The maximum atomic E-state index is 13.2. The van der Waals surface area contributed by atoms with Gasteiger partial charge < -0.3 is 9.05 Å². The van der Waals surface area contributed by atoms with Crippen molar-refractivity contribution in [2.75, 3.05) is 6.61 Å². The topological polar surface area (TPSA) is 75.0 Å². The van der Waals surface area contributed by atoms with Gasteiger partial charge in [-0.15, -0.1) is 0 Å². The van der Waals surface area contributed by atoms with Crippen LogP contribution >= 0.6 is 7.82 Å². The summed E-state index contributed by atoms with van der Waals surface area (Å²) in [6, 6.07) is 19.6. The quantitative estimate of drug-likeness (QED) is 0.270. The molecule has 0 amide bonds. The van der Waals surface area contributed by atoms with Crippen LogP contribution in [-0.4, -0.2) is 21.2 Å². The molecule has 0 atom stereocenters. The second-order valence-electron chi connectivity index (χ2n) is 6.74. The second-order valence-corrected chi connectivity index (χ2v) is 8.26. The van der Waals surface area contributed by atoms with Gasteiger partial charge in [-0.25, -0.2) is 14.1 Å². The van der Waals surface area contributed by atoms with Crippen molar-refractivity contribution >= 4 is 13.5 Å². The lowest BCUT2D eigenvalue weighted by Crippen LogP contribution is -2.07. The maximum Gasteiger partial charge on any atom is 0.587 e. The number of aryl methyl sites for hydroxylation is 2. The number of hydrogen-bond donors (Lipinski definition) is 0. The molecule has 4 rings (SSSR count). The lowest BCUT2D eigenvalue weighted by molar-refractivity contribution is 0.207. The average Bonchev–Trinajstić information content (AvgIpc) is 3.12. The lowest BCUT2D eigenvalue weighted by atomic mass is 10.2. The Hall–Kier alpha value is -3.15. The van der Waals surface area contributed by atoms with Crippen molar-refractivity contribution in [1.82, 2.24) is 14.6 Å². The predicted molar refractivity (Wildman–Crippen MR) is 114 cm³/mol. The Kier molecular flexibility index (Phi) is 6.12. The van der Waals surface area contributed by atoms with Gasteiger partial charge in [0.1, 0.15) is 11.5 Å². The number of rotatable bonds is 9. The van der Waals surface area contributed by atoms with Gasteiger partial charge in [0, 0.05) is 18.5 Å². The predicted octanol–water partition coefficient (Wildman–Crippen LogP) is 5.25.